The van der Waals surface area contributed by atoms with Crippen LogP contribution in [0.4, 0.5) is 11.4 Å². The minimum absolute atomic E-state index is 0.0581. The second kappa shape index (κ2) is 5.81. The highest BCUT2D eigenvalue weighted by molar-refractivity contribution is 5.96. The number of carbonyl (C=O) groups is 2. The SMILES string of the molecule is CNC(=O)c1ccc(N)c(NC(C)C(=O)NC2CC2)c1. The first-order valence-corrected chi connectivity index (χ1v) is 6.69. The highest BCUT2D eigenvalue weighted by Gasteiger charge is 2.25. The molecule has 0 bridgehead atoms. The van der Waals surface area contributed by atoms with E-state index in [0.717, 1.165) is 12.8 Å². The molecule has 1 fully saturated rings. The zero-order valence-corrected chi connectivity index (χ0v) is 11.7. The van der Waals surface area contributed by atoms with Crippen molar-refractivity contribution in [2.75, 3.05) is 18.1 Å². The predicted octanol–water partition coefficient (Wildman–Crippen LogP) is 0.707. The van der Waals surface area contributed by atoms with Gasteiger partial charge in [0.2, 0.25) is 5.91 Å². The van der Waals surface area contributed by atoms with Crippen LogP contribution < -0.4 is 21.7 Å². The Morgan fingerprint density at radius 3 is 2.65 bits per heavy atom. The second-order valence-corrected chi connectivity index (χ2v) is 5.03. The quantitative estimate of drug-likeness (QED) is 0.595. The summed E-state index contributed by atoms with van der Waals surface area (Å²) >= 11 is 0. The molecular formula is C14H20N4O2. The summed E-state index contributed by atoms with van der Waals surface area (Å²) in [6, 6.07) is 4.86. The van der Waals surface area contributed by atoms with Gasteiger partial charge >= 0.3 is 0 Å². The summed E-state index contributed by atoms with van der Waals surface area (Å²) in [5.41, 5.74) is 7.46. The summed E-state index contributed by atoms with van der Waals surface area (Å²) in [4.78, 5) is 23.5. The van der Waals surface area contributed by atoms with Gasteiger partial charge in [0, 0.05) is 18.7 Å². The maximum atomic E-state index is 11.9. The molecule has 2 amide bonds. The fraction of sp³-hybridized carbons (Fsp3) is 0.429. The van der Waals surface area contributed by atoms with Gasteiger partial charge < -0.3 is 21.7 Å². The van der Waals surface area contributed by atoms with Gasteiger partial charge in [0.25, 0.3) is 5.91 Å². The van der Waals surface area contributed by atoms with Crippen LogP contribution in [0.3, 0.4) is 0 Å². The minimum Gasteiger partial charge on any atom is -0.397 e. The first-order chi connectivity index (χ1) is 9.51. The van der Waals surface area contributed by atoms with Crippen molar-refractivity contribution >= 4 is 23.2 Å². The number of nitrogens with two attached hydrogens (primary N) is 1. The molecule has 1 atom stereocenters. The van der Waals surface area contributed by atoms with E-state index in [0.29, 0.717) is 23.0 Å². The normalized spacial score (nSPS) is 15.3. The average molecular weight is 276 g/mol. The number of hydrogen-bond donors (Lipinski definition) is 4. The number of hydrogen-bond acceptors (Lipinski definition) is 4. The van der Waals surface area contributed by atoms with Crippen molar-refractivity contribution in [3.63, 3.8) is 0 Å². The van der Waals surface area contributed by atoms with Crippen LogP contribution in [0.5, 0.6) is 0 Å². The molecule has 0 radical (unpaired) electrons. The molecule has 1 aliphatic rings. The maximum Gasteiger partial charge on any atom is 0.251 e. The third-order valence-electron chi connectivity index (χ3n) is 3.23. The zero-order valence-electron chi connectivity index (χ0n) is 11.7. The Morgan fingerprint density at radius 1 is 1.35 bits per heavy atom. The molecule has 0 aromatic heterocycles. The van der Waals surface area contributed by atoms with Crippen LogP contribution in [0.15, 0.2) is 18.2 Å². The summed E-state index contributed by atoms with van der Waals surface area (Å²) in [5, 5.41) is 8.52. The van der Waals surface area contributed by atoms with Crippen LogP contribution in [0.25, 0.3) is 0 Å². The summed E-state index contributed by atoms with van der Waals surface area (Å²) < 4.78 is 0. The molecule has 1 aromatic carbocycles. The fourth-order valence-electron chi connectivity index (χ4n) is 1.82. The van der Waals surface area contributed by atoms with Crippen molar-refractivity contribution in [1.29, 1.82) is 0 Å². The third-order valence-corrected chi connectivity index (χ3v) is 3.23. The topological polar surface area (TPSA) is 96.2 Å². The molecule has 20 heavy (non-hydrogen) atoms. The van der Waals surface area contributed by atoms with Crippen molar-refractivity contribution in [3.8, 4) is 0 Å². The summed E-state index contributed by atoms with van der Waals surface area (Å²) in [5.74, 6) is -0.250. The number of benzene rings is 1. The number of nitrogen functional groups attached to an aromatic ring is 1. The predicted molar refractivity (Wildman–Crippen MR) is 78.5 cm³/mol. The smallest absolute Gasteiger partial charge is 0.251 e. The van der Waals surface area contributed by atoms with Gasteiger partial charge in [0.05, 0.1) is 11.4 Å². The number of nitrogens with one attached hydrogen (secondary N) is 3. The van der Waals surface area contributed by atoms with Gasteiger partial charge in [0.15, 0.2) is 0 Å². The Kier molecular flexibility index (Phi) is 4.12. The van der Waals surface area contributed by atoms with Gasteiger partial charge in [-0.25, -0.2) is 0 Å². The Morgan fingerprint density at radius 2 is 2.05 bits per heavy atom. The Labute approximate surface area is 118 Å². The fourth-order valence-corrected chi connectivity index (χ4v) is 1.82. The molecule has 6 heteroatoms. The first kappa shape index (κ1) is 14.2. The lowest BCUT2D eigenvalue weighted by Crippen LogP contribution is -2.38. The lowest BCUT2D eigenvalue weighted by atomic mass is 10.1. The van der Waals surface area contributed by atoms with Gasteiger partial charge in [-0.1, -0.05) is 0 Å². The van der Waals surface area contributed by atoms with E-state index < -0.39 is 6.04 Å². The third kappa shape index (κ3) is 3.40. The molecule has 1 aromatic rings. The van der Waals surface area contributed by atoms with E-state index >= 15 is 0 Å². The van der Waals surface area contributed by atoms with Crippen LogP contribution in [0.2, 0.25) is 0 Å². The first-order valence-electron chi connectivity index (χ1n) is 6.69. The van der Waals surface area contributed by atoms with E-state index in [1.807, 2.05) is 0 Å². The van der Waals surface area contributed by atoms with Gasteiger partial charge in [-0.2, -0.15) is 0 Å². The van der Waals surface area contributed by atoms with E-state index in [2.05, 4.69) is 16.0 Å². The molecular weight excluding hydrogens is 256 g/mol. The molecule has 0 aliphatic heterocycles. The summed E-state index contributed by atoms with van der Waals surface area (Å²) in [6.07, 6.45) is 2.10. The monoisotopic (exact) mass is 276 g/mol. The molecule has 2 rings (SSSR count). The summed E-state index contributed by atoms with van der Waals surface area (Å²) in [6.45, 7) is 1.77. The van der Waals surface area contributed by atoms with Gasteiger partial charge in [0.1, 0.15) is 6.04 Å². The molecule has 108 valence electrons. The van der Waals surface area contributed by atoms with Crippen molar-refractivity contribution in [2.45, 2.75) is 31.8 Å². The molecule has 0 heterocycles. The van der Waals surface area contributed by atoms with Gasteiger partial charge in [-0.15, -0.1) is 0 Å². The molecule has 6 nitrogen and oxygen atoms in total. The lowest BCUT2D eigenvalue weighted by Gasteiger charge is -2.17. The number of carbonyl (C=O) groups excluding carboxylic acids is 2. The molecule has 1 unspecified atom stereocenters. The van der Waals surface area contributed by atoms with Crippen molar-refractivity contribution in [1.82, 2.24) is 10.6 Å². The molecule has 0 saturated heterocycles. The zero-order chi connectivity index (χ0) is 14.7. The Bertz CT molecular complexity index is 526. The van der Waals surface area contributed by atoms with E-state index in [1.54, 1.807) is 32.2 Å². The van der Waals surface area contributed by atoms with Crippen LogP contribution >= 0.6 is 0 Å². The van der Waals surface area contributed by atoms with Crippen molar-refractivity contribution < 1.29 is 9.59 Å². The Balaban J connectivity index is 2.06. The summed E-state index contributed by atoms with van der Waals surface area (Å²) in [7, 11) is 1.57. The largest absolute Gasteiger partial charge is 0.397 e. The molecule has 0 spiro atoms. The highest BCUT2D eigenvalue weighted by Crippen LogP contribution is 2.22. The number of amides is 2. The lowest BCUT2D eigenvalue weighted by molar-refractivity contribution is -0.121. The van der Waals surface area contributed by atoms with Gasteiger partial charge in [-0.3, -0.25) is 9.59 Å². The molecule has 5 N–H and O–H groups in total. The van der Waals surface area contributed by atoms with Crippen molar-refractivity contribution in [2.24, 2.45) is 0 Å². The van der Waals surface area contributed by atoms with Crippen LogP contribution in [0, 0.1) is 0 Å². The second-order valence-electron chi connectivity index (χ2n) is 5.03. The van der Waals surface area contributed by atoms with Crippen LogP contribution in [0.1, 0.15) is 30.1 Å². The van der Waals surface area contributed by atoms with E-state index in [1.165, 1.54) is 0 Å². The minimum atomic E-state index is -0.405. The van der Waals surface area contributed by atoms with E-state index in [4.69, 9.17) is 5.73 Å². The standard InChI is InChI=1S/C14H20N4O2/c1-8(13(19)18-10-4-5-10)17-12-7-9(14(20)16-2)3-6-11(12)15/h3,6-8,10,17H,4-5,15H2,1-2H3,(H,16,20)(H,18,19). The molecule has 1 saturated carbocycles. The van der Waals surface area contributed by atoms with E-state index in [-0.39, 0.29) is 11.8 Å². The van der Waals surface area contributed by atoms with Crippen LogP contribution in [-0.2, 0) is 4.79 Å². The van der Waals surface area contributed by atoms with Crippen LogP contribution in [-0.4, -0.2) is 30.9 Å². The van der Waals surface area contributed by atoms with Gasteiger partial charge in [-0.05, 0) is 38.0 Å². The molecule has 1 aliphatic carbocycles. The van der Waals surface area contributed by atoms with E-state index in [9.17, 15) is 9.59 Å². The highest BCUT2D eigenvalue weighted by atomic mass is 16.2. The number of anilines is 2. The Hall–Kier alpha value is -2.24. The maximum absolute atomic E-state index is 11.9. The number of rotatable bonds is 5. The van der Waals surface area contributed by atoms with Crippen molar-refractivity contribution in [3.05, 3.63) is 23.8 Å². The average Bonchev–Trinajstić information content (AvgIpc) is 3.24.